The van der Waals surface area contributed by atoms with Crippen molar-refractivity contribution >= 4 is 11.6 Å². The zero-order valence-corrected chi connectivity index (χ0v) is 15.9. The Bertz CT molecular complexity index is 1040. The lowest BCUT2D eigenvalue weighted by Gasteiger charge is -2.17. The number of hydrogen-bond donors (Lipinski definition) is 1. The molecule has 8 heteroatoms. The van der Waals surface area contributed by atoms with Crippen molar-refractivity contribution in [2.45, 2.75) is 32.7 Å². The van der Waals surface area contributed by atoms with E-state index < -0.39 is 11.8 Å². The van der Waals surface area contributed by atoms with Crippen molar-refractivity contribution in [3.8, 4) is 17.0 Å². The van der Waals surface area contributed by atoms with E-state index in [0.29, 0.717) is 36.0 Å². The van der Waals surface area contributed by atoms with E-state index in [9.17, 15) is 9.90 Å². The molecule has 1 aromatic carbocycles. The Labute approximate surface area is 161 Å². The zero-order chi connectivity index (χ0) is 19.9. The Morgan fingerprint density at radius 3 is 2.89 bits per heavy atom. The maximum absolute atomic E-state index is 11.5. The molecular weight excluding hydrogens is 362 g/mol. The molecule has 8 nitrogen and oxygen atoms in total. The van der Waals surface area contributed by atoms with Crippen molar-refractivity contribution in [1.82, 2.24) is 14.6 Å². The van der Waals surface area contributed by atoms with Crippen LogP contribution in [0.4, 0.5) is 0 Å². The summed E-state index contributed by atoms with van der Waals surface area (Å²) in [5.74, 6) is -0.971. The monoisotopic (exact) mass is 383 g/mol. The lowest BCUT2D eigenvalue weighted by molar-refractivity contribution is -0.141. The number of aryl methyl sites for hydroxylation is 1. The van der Waals surface area contributed by atoms with Gasteiger partial charge in [0.25, 0.3) is 0 Å². The first-order valence-electron chi connectivity index (χ1n) is 8.97. The number of carboxylic acids is 1. The van der Waals surface area contributed by atoms with E-state index in [1.54, 1.807) is 13.0 Å². The van der Waals surface area contributed by atoms with Gasteiger partial charge in [0.1, 0.15) is 18.5 Å². The Balaban J connectivity index is 1.57. The van der Waals surface area contributed by atoms with Crippen molar-refractivity contribution in [2.24, 2.45) is 0 Å². The molecule has 2 aromatic heterocycles. The van der Waals surface area contributed by atoms with E-state index in [-0.39, 0.29) is 11.8 Å². The van der Waals surface area contributed by atoms with Gasteiger partial charge in [-0.25, -0.2) is 14.3 Å². The first-order valence-corrected chi connectivity index (χ1v) is 8.97. The second-order valence-electron chi connectivity index (χ2n) is 7.13. The van der Waals surface area contributed by atoms with E-state index in [1.165, 1.54) is 4.52 Å². The van der Waals surface area contributed by atoms with Gasteiger partial charge >= 0.3 is 5.97 Å². The van der Waals surface area contributed by atoms with Gasteiger partial charge in [-0.15, -0.1) is 0 Å². The van der Waals surface area contributed by atoms with E-state index in [0.717, 1.165) is 5.56 Å². The third-order valence-corrected chi connectivity index (χ3v) is 4.49. The molecule has 3 aromatic rings. The number of benzene rings is 1. The first kappa shape index (κ1) is 18.4. The highest BCUT2D eigenvalue weighted by atomic mass is 16.7. The van der Waals surface area contributed by atoms with Crippen LogP contribution in [0.5, 0.6) is 5.75 Å². The van der Waals surface area contributed by atoms with Crippen molar-refractivity contribution < 1.29 is 24.1 Å². The Hall–Kier alpha value is -2.97. The molecule has 3 heterocycles. The summed E-state index contributed by atoms with van der Waals surface area (Å²) >= 11 is 0. The fraction of sp³-hybridized carbons (Fsp3) is 0.350. The quantitative estimate of drug-likeness (QED) is 0.724. The molecule has 1 fully saturated rings. The van der Waals surface area contributed by atoms with Crippen LogP contribution in [0.25, 0.3) is 16.9 Å². The van der Waals surface area contributed by atoms with Gasteiger partial charge in [-0.2, -0.15) is 5.10 Å². The summed E-state index contributed by atoms with van der Waals surface area (Å²) in [6.45, 7) is 6.27. The number of ether oxygens (including phenoxy) is 3. The molecule has 4 rings (SSSR count). The van der Waals surface area contributed by atoms with Gasteiger partial charge in [0.15, 0.2) is 17.1 Å². The molecule has 1 aliphatic rings. The summed E-state index contributed by atoms with van der Waals surface area (Å²) < 4.78 is 18.5. The van der Waals surface area contributed by atoms with Crippen LogP contribution in [0.15, 0.2) is 36.4 Å². The predicted molar refractivity (Wildman–Crippen MR) is 101 cm³/mol. The van der Waals surface area contributed by atoms with Gasteiger partial charge in [0.05, 0.1) is 18.0 Å². The molecule has 1 N–H and O–H groups in total. The van der Waals surface area contributed by atoms with Crippen molar-refractivity contribution in [2.75, 3.05) is 13.2 Å². The minimum Gasteiger partial charge on any atom is -0.491 e. The molecule has 0 radical (unpaired) electrons. The third-order valence-electron chi connectivity index (χ3n) is 4.49. The molecular formula is C20H21N3O5. The number of carbonyl (C=O) groups is 1. The van der Waals surface area contributed by atoms with Crippen LogP contribution in [0.3, 0.4) is 0 Å². The van der Waals surface area contributed by atoms with Crippen molar-refractivity contribution in [3.05, 3.63) is 47.8 Å². The van der Waals surface area contributed by atoms with Crippen LogP contribution in [0.1, 0.15) is 30.0 Å². The number of fused-ring (bicyclic) bond motifs is 1. The molecule has 1 saturated heterocycles. The fourth-order valence-corrected chi connectivity index (χ4v) is 3.22. The second-order valence-corrected chi connectivity index (χ2v) is 7.13. The maximum atomic E-state index is 11.5. The lowest BCUT2D eigenvalue weighted by Crippen LogP contribution is -2.25. The number of imidazole rings is 1. The van der Waals surface area contributed by atoms with Gasteiger partial charge in [0.2, 0.25) is 0 Å². The summed E-state index contributed by atoms with van der Waals surface area (Å²) in [5, 5.41) is 13.9. The number of nitrogens with zero attached hydrogens (tertiary/aromatic N) is 3. The molecule has 0 aliphatic carbocycles. The number of aromatic nitrogens is 3. The average Bonchev–Trinajstić information content (AvgIpc) is 3.17. The van der Waals surface area contributed by atoms with Crippen LogP contribution in [-0.2, 0) is 9.47 Å². The van der Waals surface area contributed by atoms with Gasteiger partial charge in [-0.05, 0) is 45.0 Å². The van der Waals surface area contributed by atoms with Crippen LogP contribution >= 0.6 is 0 Å². The molecule has 0 saturated carbocycles. The minimum atomic E-state index is -1.06. The van der Waals surface area contributed by atoms with E-state index in [2.05, 4.69) is 10.1 Å². The van der Waals surface area contributed by atoms with Crippen LogP contribution < -0.4 is 4.74 Å². The number of carboxylic acid groups (broad SMARTS) is 1. The second kappa shape index (κ2) is 6.88. The SMILES string of the molecule is Cc1nc2ccc(-c3cccc(OC[C@H]4COC(C)(C)O4)c3)nn2c1C(=O)O. The molecule has 28 heavy (non-hydrogen) atoms. The minimum absolute atomic E-state index is 0.0604. The average molecular weight is 383 g/mol. The Morgan fingerprint density at radius 2 is 2.18 bits per heavy atom. The molecule has 146 valence electrons. The third kappa shape index (κ3) is 3.56. The fourth-order valence-electron chi connectivity index (χ4n) is 3.22. The molecule has 0 bridgehead atoms. The van der Waals surface area contributed by atoms with Crippen molar-refractivity contribution in [3.63, 3.8) is 0 Å². The molecule has 1 aliphatic heterocycles. The van der Waals surface area contributed by atoms with E-state index in [4.69, 9.17) is 14.2 Å². The number of rotatable bonds is 5. The highest BCUT2D eigenvalue weighted by Gasteiger charge is 2.33. The normalized spacial score (nSPS) is 18.5. The molecule has 0 amide bonds. The Kier molecular flexibility index (Phi) is 4.52. The zero-order valence-electron chi connectivity index (χ0n) is 15.9. The number of aromatic carboxylic acids is 1. The highest BCUT2D eigenvalue weighted by molar-refractivity contribution is 5.88. The molecule has 1 atom stereocenters. The van der Waals surface area contributed by atoms with E-state index >= 15 is 0 Å². The van der Waals surface area contributed by atoms with Gasteiger partial charge in [-0.1, -0.05) is 12.1 Å². The van der Waals surface area contributed by atoms with Crippen LogP contribution in [0, 0.1) is 6.92 Å². The van der Waals surface area contributed by atoms with Gasteiger partial charge < -0.3 is 19.3 Å². The summed E-state index contributed by atoms with van der Waals surface area (Å²) in [6.07, 6.45) is -0.125. The first-order chi connectivity index (χ1) is 13.3. The standard InChI is InChI=1S/C20H21N3O5/c1-12-18(19(24)25)23-17(21-12)8-7-16(22-23)13-5-4-6-14(9-13)26-10-15-11-27-20(2,3)28-15/h4-9,15H,10-11H2,1-3H3,(H,24,25)/t15-/m0/s1. The van der Waals surface area contributed by atoms with Gasteiger partial charge in [-0.3, -0.25) is 0 Å². The molecule has 0 unspecified atom stereocenters. The Morgan fingerprint density at radius 1 is 1.36 bits per heavy atom. The largest absolute Gasteiger partial charge is 0.491 e. The lowest BCUT2D eigenvalue weighted by atomic mass is 10.1. The smallest absolute Gasteiger partial charge is 0.356 e. The highest BCUT2D eigenvalue weighted by Crippen LogP contribution is 2.26. The van der Waals surface area contributed by atoms with Crippen LogP contribution in [-0.4, -0.2) is 50.8 Å². The van der Waals surface area contributed by atoms with Crippen LogP contribution in [0.2, 0.25) is 0 Å². The summed E-state index contributed by atoms with van der Waals surface area (Å²) in [6, 6.07) is 11.0. The van der Waals surface area contributed by atoms with E-state index in [1.807, 2.05) is 44.2 Å². The number of hydrogen-bond acceptors (Lipinski definition) is 6. The summed E-state index contributed by atoms with van der Waals surface area (Å²) in [4.78, 5) is 15.8. The summed E-state index contributed by atoms with van der Waals surface area (Å²) in [7, 11) is 0. The summed E-state index contributed by atoms with van der Waals surface area (Å²) in [5.41, 5.74) is 2.42. The van der Waals surface area contributed by atoms with Crippen molar-refractivity contribution in [1.29, 1.82) is 0 Å². The van der Waals surface area contributed by atoms with Gasteiger partial charge in [0, 0.05) is 5.56 Å². The topological polar surface area (TPSA) is 95.2 Å². The predicted octanol–water partition coefficient (Wildman–Crippen LogP) is 2.93. The molecule has 0 spiro atoms. The maximum Gasteiger partial charge on any atom is 0.356 e.